The van der Waals surface area contributed by atoms with Crippen molar-refractivity contribution in [2.75, 3.05) is 26.2 Å². The minimum Gasteiger partial charge on any atom is -0.375 e. The van der Waals surface area contributed by atoms with Gasteiger partial charge < -0.3 is 20.7 Å². The van der Waals surface area contributed by atoms with E-state index in [-0.39, 0.29) is 36.0 Å². The van der Waals surface area contributed by atoms with Gasteiger partial charge in [-0.25, -0.2) is 4.99 Å². The average Bonchev–Trinajstić information content (AvgIpc) is 2.53. The van der Waals surface area contributed by atoms with Crippen molar-refractivity contribution in [3.8, 4) is 0 Å². The van der Waals surface area contributed by atoms with Gasteiger partial charge in [-0.15, -0.1) is 24.0 Å². The first-order chi connectivity index (χ1) is 10.6. The summed E-state index contributed by atoms with van der Waals surface area (Å²) in [4.78, 5) is 18.4. The molecule has 0 saturated carbocycles. The highest BCUT2D eigenvalue weighted by atomic mass is 127. The number of carbonyl (C=O) groups excluding carboxylic acids is 1. The van der Waals surface area contributed by atoms with Gasteiger partial charge in [-0.1, -0.05) is 12.1 Å². The standard InChI is InChI=1S/C16H22N4O2.HI/c1-11-10-20(6-7-22-11)16(17)19-9-12-2-3-13-4-5-18-15(21)14(13)8-12;/h2-3,8,11H,4-7,9-10H2,1H3,(H2,17,19)(H,18,21);1H. The summed E-state index contributed by atoms with van der Waals surface area (Å²) in [5.74, 6) is 0.541. The summed E-state index contributed by atoms with van der Waals surface area (Å²) in [5, 5.41) is 2.87. The molecule has 1 unspecified atom stereocenters. The van der Waals surface area contributed by atoms with Crippen LogP contribution >= 0.6 is 24.0 Å². The maximum Gasteiger partial charge on any atom is 0.251 e. The summed E-state index contributed by atoms with van der Waals surface area (Å²) in [6, 6.07) is 5.96. The molecule has 3 rings (SSSR count). The van der Waals surface area contributed by atoms with Crippen LogP contribution in [0.25, 0.3) is 0 Å². The second-order valence-corrected chi connectivity index (χ2v) is 5.80. The molecule has 2 heterocycles. The highest BCUT2D eigenvalue weighted by Crippen LogP contribution is 2.16. The number of benzene rings is 1. The smallest absolute Gasteiger partial charge is 0.251 e. The van der Waals surface area contributed by atoms with Crippen molar-refractivity contribution in [1.82, 2.24) is 10.2 Å². The Morgan fingerprint density at radius 3 is 3.13 bits per heavy atom. The Bertz CT molecular complexity index is 606. The molecule has 0 spiro atoms. The minimum absolute atomic E-state index is 0. The maximum atomic E-state index is 11.9. The van der Waals surface area contributed by atoms with Crippen LogP contribution in [0.5, 0.6) is 0 Å². The first kappa shape index (κ1) is 18.0. The van der Waals surface area contributed by atoms with E-state index in [1.807, 2.05) is 30.0 Å². The summed E-state index contributed by atoms with van der Waals surface area (Å²) in [6.07, 6.45) is 1.06. The van der Waals surface area contributed by atoms with E-state index in [1.54, 1.807) is 0 Å². The lowest BCUT2D eigenvalue weighted by atomic mass is 9.98. The summed E-state index contributed by atoms with van der Waals surface area (Å²) in [6.45, 7) is 5.44. The molecule has 1 atom stereocenters. The number of nitrogens with zero attached hydrogens (tertiary/aromatic N) is 2. The molecule has 1 aromatic rings. The first-order valence-electron chi connectivity index (χ1n) is 7.70. The monoisotopic (exact) mass is 430 g/mol. The van der Waals surface area contributed by atoms with Crippen molar-refractivity contribution in [3.05, 3.63) is 34.9 Å². The lowest BCUT2D eigenvalue weighted by Crippen LogP contribution is -2.47. The normalized spacial score (nSPS) is 21.3. The fourth-order valence-electron chi connectivity index (χ4n) is 2.86. The van der Waals surface area contributed by atoms with Gasteiger partial charge in [-0.2, -0.15) is 0 Å². The van der Waals surface area contributed by atoms with Crippen LogP contribution in [0.15, 0.2) is 23.2 Å². The number of ether oxygens (including phenoxy) is 1. The van der Waals surface area contributed by atoms with Crippen molar-refractivity contribution in [2.24, 2.45) is 10.7 Å². The molecule has 0 aromatic heterocycles. The van der Waals surface area contributed by atoms with E-state index in [4.69, 9.17) is 10.5 Å². The van der Waals surface area contributed by atoms with Crippen LogP contribution in [-0.2, 0) is 17.7 Å². The van der Waals surface area contributed by atoms with Crippen LogP contribution in [0.3, 0.4) is 0 Å². The number of hydrogen-bond donors (Lipinski definition) is 2. The van der Waals surface area contributed by atoms with Gasteiger partial charge in [0, 0.05) is 25.2 Å². The molecule has 1 saturated heterocycles. The summed E-state index contributed by atoms with van der Waals surface area (Å²) in [5.41, 5.74) is 8.93. The van der Waals surface area contributed by atoms with Gasteiger partial charge in [0.2, 0.25) is 0 Å². The van der Waals surface area contributed by atoms with Crippen LogP contribution in [0, 0.1) is 0 Å². The third-order valence-corrected chi connectivity index (χ3v) is 4.09. The zero-order valence-electron chi connectivity index (χ0n) is 13.2. The van der Waals surface area contributed by atoms with Crippen molar-refractivity contribution < 1.29 is 9.53 Å². The van der Waals surface area contributed by atoms with Gasteiger partial charge >= 0.3 is 0 Å². The molecule has 6 nitrogen and oxygen atoms in total. The summed E-state index contributed by atoms with van der Waals surface area (Å²) in [7, 11) is 0. The predicted molar refractivity (Wildman–Crippen MR) is 100 cm³/mol. The molecule has 1 fully saturated rings. The quantitative estimate of drug-likeness (QED) is 0.419. The van der Waals surface area contributed by atoms with E-state index < -0.39 is 0 Å². The number of rotatable bonds is 2. The minimum atomic E-state index is 0. The lowest BCUT2D eigenvalue weighted by Gasteiger charge is -2.31. The lowest BCUT2D eigenvalue weighted by molar-refractivity contribution is 0.00528. The molecule has 1 amide bonds. The van der Waals surface area contributed by atoms with Gasteiger partial charge in [-0.3, -0.25) is 4.79 Å². The fourth-order valence-corrected chi connectivity index (χ4v) is 2.86. The van der Waals surface area contributed by atoms with E-state index in [2.05, 4.69) is 10.3 Å². The number of carbonyl (C=O) groups is 1. The fraction of sp³-hybridized carbons (Fsp3) is 0.500. The van der Waals surface area contributed by atoms with Crippen molar-refractivity contribution in [2.45, 2.75) is 26.0 Å². The second-order valence-electron chi connectivity index (χ2n) is 5.80. The number of fused-ring (bicyclic) bond motifs is 1. The Morgan fingerprint density at radius 1 is 1.52 bits per heavy atom. The SMILES string of the molecule is CC1CN(C(N)=NCc2ccc3c(c2)C(=O)NCC3)CCO1.I. The zero-order chi connectivity index (χ0) is 15.5. The molecule has 7 heteroatoms. The number of hydrogen-bond acceptors (Lipinski definition) is 3. The third kappa shape index (κ3) is 4.35. The van der Waals surface area contributed by atoms with Crippen molar-refractivity contribution in [1.29, 1.82) is 0 Å². The van der Waals surface area contributed by atoms with Crippen molar-refractivity contribution >= 4 is 35.8 Å². The second kappa shape index (κ2) is 7.96. The van der Waals surface area contributed by atoms with Gasteiger partial charge in [0.05, 0.1) is 19.3 Å². The summed E-state index contributed by atoms with van der Waals surface area (Å²) < 4.78 is 5.50. The number of amides is 1. The first-order valence-corrected chi connectivity index (χ1v) is 7.70. The molecule has 126 valence electrons. The van der Waals surface area contributed by atoms with Crippen molar-refractivity contribution in [3.63, 3.8) is 0 Å². The van der Waals surface area contributed by atoms with E-state index in [0.717, 1.165) is 36.2 Å². The Hall–Kier alpha value is -1.35. The number of halogens is 1. The number of morpholine rings is 1. The number of aliphatic imine (C=N–C) groups is 1. The highest BCUT2D eigenvalue weighted by Gasteiger charge is 2.19. The van der Waals surface area contributed by atoms with E-state index in [9.17, 15) is 4.79 Å². The molecule has 0 aliphatic carbocycles. The molecule has 23 heavy (non-hydrogen) atoms. The van der Waals surface area contributed by atoms with E-state index >= 15 is 0 Å². The largest absolute Gasteiger partial charge is 0.375 e. The number of guanidine groups is 1. The van der Waals surface area contributed by atoms with Gasteiger partial charge in [0.1, 0.15) is 0 Å². The zero-order valence-corrected chi connectivity index (χ0v) is 15.6. The average molecular weight is 430 g/mol. The molecular formula is C16H23IN4O2. The highest BCUT2D eigenvalue weighted by molar-refractivity contribution is 14.0. The van der Waals surface area contributed by atoms with Crippen LogP contribution in [0.4, 0.5) is 0 Å². The Balaban J connectivity index is 0.00000192. The maximum absolute atomic E-state index is 11.9. The Kier molecular flexibility index (Phi) is 6.23. The van der Waals surface area contributed by atoms with Gasteiger partial charge in [-0.05, 0) is 30.5 Å². The molecule has 2 aliphatic heterocycles. The van der Waals surface area contributed by atoms with Crippen LogP contribution in [0.1, 0.15) is 28.4 Å². The van der Waals surface area contributed by atoms with Gasteiger partial charge in [0.25, 0.3) is 5.91 Å². The van der Waals surface area contributed by atoms with E-state index in [1.165, 1.54) is 0 Å². The molecular weight excluding hydrogens is 407 g/mol. The molecule has 0 bridgehead atoms. The number of nitrogens with one attached hydrogen (secondary N) is 1. The Morgan fingerprint density at radius 2 is 2.35 bits per heavy atom. The van der Waals surface area contributed by atoms with E-state index in [0.29, 0.717) is 25.7 Å². The van der Waals surface area contributed by atoms with Crippen LogP contribution in [-0.4, -0.2) is 49.1 Å². The van der Waals surface area contributed by atoms with Crippen LogP contribution in [0.2, 0.25) is 0 Å². The topological polar surface area (TPSA) is 80.0 Å². The molecule has 1 aromatic carbocycles. The molecule has 3 N–H and O–H groups in total. The molecule has 2 aliphatic rings. The Labute approximate surface area is 153 Å². The number of nitrogens with two attached hydrogens (primary N) is 1. The summed E-state index contributed by atoms with van der Waals surface area (Å²) >= 11 is 0. The third-order valence-electron chi connectivity index (χ3n) is 4.09. The van der Waals surface area contributed by atoms with Gasteiger partial charge in [0.15, 0.2) is 5.96 Å². The van der Waals surface area contributed by atoms with Crippen LogP contribution < -0.4 is 11.1 Å². The molecule has 0 radical (unpaired) electrons. The predicted octanol–water partition coefficient (Wildman–Crippen LogP) is 1.13.